The standard InChI is InChI=1S/C22H21FN2O4S/c1-14(26)15-8-9-19(20(12-15)28-2)29-10-4-7-21(27)25-22-24-18(13-30-22)16-5-3-6-17(23)11-16/h3,5-6,8-9,11-13H,4,7,10H2,1-2H3,(H,24,25,27). The summed E-state index contributed by atoms with van der Waals surface area (Å²) in [6.07, 6.45) is 0.744. The number of thiazole rings is 1. The normalized spacial score (nSPS) is 10.5. The molecule has 0 bridgehead atoms. The number of hydrogen-bond donors (Lipinski definition) is 1. The number of carbonyl (C=O) groups is 2. The molecular weight excluding hydrogens is 407 g/mol. The summed E-state index contributed by atoms with van der Waals surface area (Å²) in [6.45, 7) is 1.80. The van der Waals surface area contributed by atoms with Gasteiger partial charge in [-0.1, -0.05) is 12.1 Å². The van der Waals surface area contributed by atoms with Crippen LogP contribution in [0, 0.1) is 5.82 Å². The molecule has 1 amide bonds. The van der Waals surface area contributed by atoms with E-state index in [9.17, 15) is 14.0 Å². The van der Waals surface area contributed by atoms with Crippen molar-refractivity contribution in [3.63, 3.8) is 0 Å². The summed E-state index contributed by atoms with van der Waals surface area (Å²) in [5.41, 5.74) is 1.81. The Bertz CT molecular complexity index is 1050. The Labute approximate surface area is 177 Å². The zero-order chi connectivity index (χ0) is 21.5. The Balaban J connectivity index is 1.47. The van der Waals surface area contributed by atoms with E-state index in [4.69, 9.17) is 9.47 Å². The van der Waals surface area contributed by atoms with Gasteiger partial charge in [-0.15, -0.1) is 11.3 Å². The van der Waals surface area contributed by atoms with Gasteiger partial charge in [0, 0.05) is 22.9 Å². The fraction of sp³-hybridized carbons (Fsp3) is 0.227. The molecule has 1 heterocycles. The predicted molar refractivity (Wildman–Crippen MR) is 114 cm³/mol. The molecule has 2 aromatic carbocycles. The molecule has 8 heteroatoms. The van der Waals surface area contributed by atoms with Gasteiger partial charge in [0.05, 0.1) is 19.4 Å². The summed E-state index contributed by atoms with van der Waals surface area (Å²) in [5, 5.41) is 4.97. The molecule has 0 aliphatic rings. The second kappa shape index (κ2) is 9.98. The Morgan fingerprint density at radius 2 is 2.00 bits per heavy atom. The lowest BCUT2D eigenvalue weighted by Gasteiger charge is -2.11. The zero-order valence-corrected chi connectivity index (χ0v) is 17.4. The van der Waals surface area contributed by atoms with Gasteiger partial charge in [0.1, 0.15) is 5.82 Å². The van der Waals surface area contributed by atoms with Crippen LogP contribution in [0.25, 0.3) is 11.3 Å². The molecule has 6 nitrogen and oxygen atoms in total. The average Bonchev–Trinajstić information content (AvgIpc) is 3.19. The first-order valence-electron chi connectivity index (χ1n) is 9.29. The number of anilines is 1. The van der Waals surface area contributed by atoms with Gasteiger partial charge in [-0.3, -0.25) is 9.59 Å². The molecule has 0 aliphatic heterocycles. The van der Waals surface area contributed by atoms with Crippen molar-refractivity contribution in [2.24, 2.45) is 0 Å². The molecule has 156 valence electrons. The molecule has 1 N–H and O–H groups in total. The van der Waals surface area contributed by atoms with Crippen molar-refractivity contribution in [1.82, 2.24) is 4.98 Å². The summed E-state index contributed by atoms with van der Waals surface area (Å²) in [6, 6.07) is 11.1. The van der Waals surface area contributed by atoms with E-state index in [1.165, 1.54) is 37.5 Å². The van der Waals surface area contributed by atoms with Gasteiger partial charge in [-0.25, -0.2) is 9.37 Å². The molecule has 0 fully saturated rings. The first-order chi connectivity index (χ1) is 14.5. The third-order valence-electron chi connectivity index (χ3n) is 4.25. The maximum Gasteiger partial charge on any atom is 0.226 e. The van der Waals surface area contributed by atoms with E-state index < -0.39 is 0 Å². The smallest absolute Gasteiger partial charge is 0.226 e. The van der Waals surface area contributed by atoms with Crippen LogP contribution in [0.1, 0.15) is 30.1 Å². The van der Waals surface area contributed by atoms with E-state index in [1.807, 2.05) is 0 Å². The van der Waals surface area contributed by atoms with E-state index in [2.05, 4.69) is 10.3 Å². The van der Waals surface area contributed by atoms with Crippen LogP contribution in [0.3, 0.4) is 0 Å². The molecule has 0 saturated heterocycles. The number of aromatic nitrogens is 1. The van der Waals surface area contributed by atoms with Crippen LogP contribution in [0.4, 0.5) is 9.52 Å². The second-order valence-electron chi connectivity index (χ2n) is 6.47. The second-order valence-corrected chi connectivity index (χ2v) is 7.33. The highest BCUT2D eigenvalue weighted by Crippen LogP contribution is 2.28. The van der Waals surface area contributed by atoms with E-state index in [0.717, 1.165) is 0 Å². The Morgan fingerprint density at radius 3 is 2.73 bits per heavy atom. The van der Waals surface area contributed by atoms with E-state index >= 15 is 0 Å². The Hall–Kier alpha value is -3.26. The number of nitrogens with one attached hydrogen (secondary N) is 1. The molecule has 0 aliphatic carbocycles. The van der Waals surface area contributed by atoms with E-state index in [-0.39, 0.29) is 23.9 Å². The number of benzene rings is 2. The first kappa shape index (κ1) is 21.4. The predicted octanol–water partition coefficient (Wildman–Crippen LogP) is 4.96. The molecule has 1 aromatic heterocycles. The molecular formula is C22H21FN2O4S. The molecule has 0 atom stereocenters. The highest BCUT2D eigenvalue weighted by atomic mass is 32.1. The molecule has 0 spiro atoms. The van der Waals surface area contributed by atoms with Crippen molar-refractivity contribution in [3.05, 3.63) is 59.2 Å². The van der Waals surface area contributed by atoms with Gasteiger partial charge in [0.25, 0.3) is 0 Å². The van der Waals surface area contributed by atoms with Gasteiger partial charge in [-0.2, -0.15) is 0 Å². The van der Waals surface area contributed by atoms with Crippen LogP contribution in [0.15, 0.2) is 47.8 Å². The van der Waals surface area contributed by atoms with Crippen molar-refractivity contribution in [1.29, 1.82) is 0 Å². The monoisotopic (exact) mass is 428 g/mol. The fourth-order valence-electron chi connectivity index (χ4n) is 2.71. The topological polar surface area (TPSA) is 77.5 Å². The number of Topliss-reactive ketones (excluding diaryl/α,β-unsaturated/α-hetero) is 1. The van der Waals surface area contributed by atoms with Crippen LogP contribution in [0.5, 0.6) is 11.5 Å². The minimum absolute atomic E-state index is 0.0562. The molecule has 0 unspecified atom stereocenters. The van der Waals surface area contributed by atoms with Gasteiger partial charge in [0.15, 0.2) is 22.4 Å². The Morgan fingerprint density at radius 1 is 1.17 bits per heavy atom. The number of methoxy groups -OCH3 is 1. The largest absolute Gasteiger partial charge is 0.493 e. The van der Waals surface area contributed by atoms with Crippen LogP contribution in [0.2, 0.25) is 0 Å². The first-order valence-corrected chi connectivity index (χ1v) is 10.2. The maximum atomic E-state index is 13.3. The number of ether oxygens (including phenoxy) is 2. The lowest BCUT2D eigenvalue weighted by Crippen LogP contribution is -2.12. The lowest BCUT2D eigenvalue weighted by molar-refractivity contribution is -0.116. The summed E-state index contributed by atoms with van der Waals surface area (Å²) in [5.74, 6) is 0.415. The van der Waals surface area contributed by atoms with Crippen molar-refractivity contribution < 1.29 is 23.5 Å². The van der Waals surface area contributed by atoms with Crippen LogP contribution < -0.4 is 14.8 Å². The summed E-state index contributed by atoms with van der Waals surface area (Å²) in [7, 11) is 1.51. The summed E-state index contributed by atoms with van der Waals surface area (Å²) < 4.78 is 24.3. The minimum atomic E-state index is -0.335. The third kappa shape index (κ3) is 5.64. The number of rotatable bonds is 9. The number of ketones is 1. The van der Waals surface area contributed by atoms with E-state index in [0.29, 0.717) is 46.5 Å². The zero-order valence-electron chi connectivity index (χ0n) is 16.6. The van der Waals surface area contributed by atoms with Gasteiger partial charge >= 0.3 is 0 Å². The lowest BCUT2D eigenvalue weighted by atomic mass is 10.1. The highest BCUT2D eigenvalue weighted by molar-refractivity contribution is 7.14. The third-order valence-corrected chi connectivity index (χ3v) is 5.00. The van der Waals surface area contributed by atoms with Crippen LogP contribution in [-0.2, 0) is 4.79 Å². The number of hydrogen-bond acceptors (Lipinski definition) is 6. The number of amides is 1. The average molecular weight is 428 g/mol. The molecule has 0 radical (unpaired) electrons. The van der Waals surface area contributed by atoms with Crippen molar-refractivity contribution >= 4 is 28.2 Å². The highest BCUT2D eigenvalue weighted by Gasteiger charge is 2.11. The van der Waals surface area contributed by atoms with Gasteiger partial charge < -0.3 is 14.8 Å². The maximum absolute atomic E-state index is 13.3. The number of halogens is 1. The summed E-state index contributed by atoms with van der Waals surface area (Å²) >= 11 is 1.28. The quantitative estimate of drug-likeness (QED) is 0.385. The van der Waals surface area contributed by atoms with Crippen LogP contribution in [-0.4, -0.2) is 30.4 Å². The molecule has 3 rings (SSSR count). The van der Waals surface area contributed by atoms with Crippen molar-refractivity contribution in [2.75, 3.05) is 19.0 Å². The minimum Gasteiger partial charge on any atom is -0.493 e. The molecule has 0 saturated carbocycles. The van der Waals surface area contributed by atoms with Gasteiger partial charge in [-0.05, 0) is 43.7 Å². The van der Waals surface area contributed by atoms with Crippen molar-refractivity contribution in [3.8, 4) is 22.8 Å². The Kier molecular flexibility index (Phi) is 7.13. The molecule has 3 aromatic rings. The fourth-order valence-corrected chi connectivity index (χ4v) is 3.45. The van der Waals surface area contributed by atoms with Crippen LogP contribution >= 0.6 is 11.3 Å². The molecule has 30 heavy (non-hydrogen) atoms. The SMILES string of the molecule is COc1cc(C(C)=O)ccc1OCCCC(=O)Nc1nc(-c2cccc(F)c2)cs1. The van der Waals surface area contributed by atoms with E-state index in [1.54, 1.807) is 35.7 Å². The summed E-state index contributed by atoms with van der Waals surface area (Å²) in [4.78, 5) is 27.9. The number of carbonyl (C=O) groups excluding carboxylic acids is 2. The van der Waals surface area contributed by atoms with Crippen molar-refractivity contribution in [2.45, 2.75) is 19.8 Å². The van der Waals surface area contributed by atoms with Gasteiger partial charge in [0.2, 0.25) is 5.91 Å². The number of nitrogens with zero attached hydrogens (tertiary/aromatic N) is 1.